The van der Waals surface area contributed by atoms with Crippen LogP contribution in [0, 0.1) is 0 Å². The largest absolute Gasteiger partial charge is 0.483 e. The van der Waals surface area contributed by atoms with Gasteiger partial charge in [0.05, 0.1) is 24.0 Å². The van der Waals surface area contributed by atoms with Gasteiger partial charge in [-0.1, -0.05) is 25.1 Å². The summed E-state index contributed by atoms with van der Waals surface area (Å²) in [6.07, 6.45) is 6.11. The topological polar surface area (TPSA) is 84.9 Å². The van der Waals surface area contributed by atoms with E-state index in [1.807, 2.05) is 25.1 Å². The van der Waals surface area contributed by atoms with Crippen LogP contribution in [0.1, 0.15) is 70.3 Å². The predicted octanol–water partition coefficient (Wildman–Crippen LogP) is 3.20. The number of nitrogens with zero attached hydrogens (tertiary/aromatic N) is 1. The second-order valence-electron chi connectivity index (χ2n) is 9.42. The second-order valence-corrected chi connectivity index (χ2v) is 11.5. The Morgan fingerprint density at radius 2 is 1.91 bits per heavy atom. The number of para-hydroxylation sites is 1. The third-order valence-corrected chi connectivity index (χ3v) is 9.43. The van der Waals surface area contributed by atoms with E-state index in [2.05, 4.69) is 10.8 Å². The van der Waals surface area contributed by atoms with E-state index < -0.39 is 15.3 Å². The van der Waals surface area contributed by atoms with E-state index in [0.717, 1.165) is 37.9 Å². The van der Waals surface area contributed by atoms with E-state index in [4.69, 9.17) is 9.47 Å². The van der Waals surface area contributed by atoms with Crippen LogP contribution in [0.15, 0.2) is 24.3 Å². The van der Waals surface area contributed by atoms with Gasteiger partial charge < -0.3 is 14.4 Å². The van der Waals surface area contributed by atoms with E-state index >= 15 is 0 Å². The number of amides is 1. The Morgan fingerprint density at radius 1 is 1.16 bits per heavy atom. The molecule has 0 spiro atoms. The van der Waals surface area contributed by atoms with Gasteiger partial charge in [-0.05, 0) is 69.4 Å². The fourth-order valence-electron chi connectivity index (χ4n) is 5.20. The van der Waals surface area contributed by atoms with E-state index in [-0.39, 0.29) is 30.7 Å². The summed E-state index contributed by atoms with van der Waals surface area (Å²) in [5.74, 6) is 1.08. The minimum absolute atomic E-state index is 0.0471. The van der Waals surface area contributed by atoms with E-state index in [9.17, 15) is 13.2 Å². The average molecular weight is 465 g/mol. The molecule has 3 heterocycles. The molecule has 2 bridgehead atoms. The summed E-state index contributed by atoms with van der Waals surface area (Å²) >= 11 is 0. The van der Waals surface area contributed by atoms with Gasteiger partial charge in [0.2, 0.25) is 10.0 Å². The van der Waals surface area contributed by atoms with E-state index in [0.29, 0.717) is 31.9 Å². The molecule has 4 aliphatic rings. The molecule has 2 fully saturated rings. The highest BCUT2D eigenvalue weighted by molar-refractivity contribution is 7.90. The third-order valence-electron chi connectivity index (χ3n) is 7.41. The summed E-state index contributed by atoms with van der Waals surface area (Å²) in [5.41, 5.74) is 1.17. The predicted molar refractivity (Wildman–Crippen MR) is 123 cm³/mol. The lowest BCUT2D eigenvalue weighted by Crippen LogP contribution is -2.60. The van der Waals surface area contributed by atoms with Gasteiger partial charge in [0, 0.05) is 12.6 Å². The van der Waals surface area contributed by atoms with E-state index in [1.165, 1.54) is 5.56 Å². The zero-order valence-corrected chi connectivity index (χ0v) is 20.0. The second kappa shape index (κ2) is 10.1. The summed E-state index contributed by atoms with van der Waals surface area (Å²) in [6, 6.07) is 7.35. The quantitative estimate of drug-likeness (QED) is 0.740. The Morgan fingerprint density at radius 3 is 2.66 bits per heavy atom. The van der Waals surface area contributed by atoms with Gasteiger partial charge in [0.15, 0.2) is 6.61 Å². The number of sulfonamides is 1. The molecule has 1 N–H and O–H groups in total. The number of ether oxygens (including phenoxy) is 2. The number of hydrogen-bond donors (Lipinski definition) is 1. The number of nitrogens with one attached hydrogen (secondary N) is 1. The minimum atomic E-state index is -3.46. The van der Waals surface area contributed by atoms with Crippen LogP contribution >= 0.6 is 0 Å². The molecule has 0 radical (unpaired) electrons. The SMILES string of the molecule is CCC(C)S(=O)(=O)N[C@H]1CCCN2C(=O)COc3ccccc3C3CCC(CC3)OC[C@@H]12. The molecule has 1 aliphatic carbocycles. The molecular formula is C24H36N2O5S. The number of hydrogen-bond acceptors (Lipinski definition) is 5. The van der Waals surface area contributed by atoms with Crippen molar-refractivity contribution in [3.05, 3.63) is 29.8 Å². The maximum absolute atomic E-state index is 13.2. The molecule has 1 aromatic carbocycles. The zero-order chi connectivity index (χ0) is 22.7. The van der Waals surface area contributed by atoms with Crippen LogP contribution < -0.4 is 9.46 Å². The van der Waals surface area contributed by atoms with Crippen molar-refractivity contribution in [1.82, 2.24) is 9.62 Å². The lowest BCUT2D eigenvalue weighted by Gasteiger charge is -2.42. The highest BCUT2D eigenvalue weighted by Crippen LogP contribution is 2.39. The number of carbonyl (C=O) groups excluding carboxylic acids is 1. The molecule has 0 aromatic heterocycles. The Hall–Kier alpha value is -1.64. The highest BCUT2D eigenvalue weighted by atomic mass is 32.2. The minimum Gasteiger partial charge on any atom is -0.483 e. The van der Waals surface area contributed by atoms with Gasteiger partial charge in [-0.15, -0.1) is 0 Å². The summed E-state index contributed by atoms with van der Waals surface area (Å²) in [4.78, 5) is 15.0. The summed E-state index contributed by atoms with van der Waals surface area (Å²) in [6.45, 7) is 4.48. The molecule has 1 saturated heterocycles. The molecule has 3 atom stereocenters. The lowest BCUT2D eigenvalue weighted by molar-refractivity contribution is -0.140. The van der Waals surface area contributed by atoms with Gasteiger partial charge in [0.25, 0.3) is 5.91 Å². The van der Waals surface area contributed by atoms with Crippen LogP contribution in [0.5, 0.6) is 5.75 Å². The monoisotopic (exact) mass is 464 g/mol. The van der Waals surface area contributed by atoms with Gasteiger partial charge in [-0.3, -0.25) is 4.79 Å². The first-order chi connectivity index (χ1) is 15.4. The van der Waals surface area contributed by atoms with Crippen LogP contribution in [-0.4, -0.2) is 62.4 Å². The molecule has 1 amide bonds. The van der Waals surface area contributed by atoms with Crippen molar-refractivity contribution < 1.29 is 22.7 Å². The molecule has 1 aromatic rings. The van der Waals surface area contributed by atoms with E-state index in [1.54, 1.807) is 11.8 Å². The lowest BCUT2D eigenvalue weighted by atomic mass is 9.82. The number of rotatable bonds is 4. The fraction of sp³-hybridized carbons (Fsp3) is 0.708. The number of fused-ring (bicyclic) bond motifs is 5. The standard InChI is InChI=1S/C24H36N2O5S/c1-3-17(2)32(28,29)25-21-8-6-14-26-22(21)15-30-19-12-10-18(11-13-19)20-7-4-5-9-23(20)31-16-24(26)27/h4-5,7,9,17-19,21-22,25H,3,6,8,10-16H2,1-2H3/t17?,18?,19?,21-,22-/m0/s1. The molecule has 178 valence electrons. The number of carbonyl (C=O) groups is 1. The molecular weight excluding hydrogens is 428 g/mol. The number of benzene rings is 1. The third kappa shape index (κ3) is 5.13. The Kier molecular flexibility index (Phi) is 7.42. The van der Waals surface area contributed by atoms with Crippen LogP contribution in [0.25, 0.3) is 0 Å². The number of piperidine rings is 1. The molecule has 1 unspecified atom stereocenters. The van der Waals surface area contributed by atoms with Crippen molar-refractivity contribution in [3.8, 4) is 5.75 Å². The fourth-order valence-corrected chi connectivity index (χ4v) is 6.57. The molecule has 7 nitrogen and oxygen atoms in total. The molecule has 32 heavy (non-hydrogen) atoms. The van der Waals surface area contributed by atoms with Gasteiger partial charge in [-0.2, -0.15) is 0 Å². The maximum atomic E-state index is 13.2. The van der Waals surface area contributed by atoms with Crippen LogP contribution in [0.2, 0.25) is 0 Å². The Labute approximate surface area is 191 Å². The summed E-state index contributed by atoms with van der Waals surface area (Å²) < 4.78 is 40.8. The molecule has 5 rings (SSSR count). The van der Waals surface area contributed by atoms with Crippen molar-refractivity contribution in [2.75, 3.05) is 19.8 Å². The average Bonchev–Trinajstić information content (AvgIpc) is 2.82. The van der Waals surface area contributed by atoms with Gasteiger partial charge >= 0.3 is 0 Å². The van der Waals surface area contributed by atoms with Crippen LogP contribution in [0.4, 0.5) is 0 Å². The highest BCUT2D eigenvalue weighted by Gasteiger charge is 2.39. The molecule has 8 heteroatoms. The Bertz CT molecular complexity index is 897. The van der Waals surface area contributed by atoms with Crippen molar-refractivity contribution in [1.29, 1.82) is 0 Å². The normalized spacial score (nSPS) is 30.2. The van der Waals surface area contributed by atoms with Gasteiger partial charge in [0.1, 0.15) is 5.75 Å². The van der Waals surface area contributed by atoms with Crippen LogP contribution in [0.3, 0.4) is 0 Å². The first-order valence-electron chi connectivity index (χ1n) is 12.0. The molecule has 1 saturated carbocycles. The van der Waals surface area contributed by atoms with Crippen LogP contribution in [-0.2, 0) is 19.6 Å². The maximum Gasteiger partial charge on any atom is 0.260 e. The molecule has 3 aliphatic heterocycles. The van der Waals surface area contributed by atoms with Crippen molar-refractivity contribution in [2.24, 2.45) is 0 Å². The first-order valence-corrected chi connectivity index (χ1v) is 13.6. The first kappa shape index (κ1) is 23.5. The Balaban J connectivity index is 1.59. The summed E-state index contributed by atoms with van der Waals surface area (Å²) in [5, 5.41) is -0.473. The smallest absolute Gasteiger partial charge is 0.260 e. The van der Waals surface area contributed by atoms with Crippen molar-refractivity contribution >= 4 is 15.9 Å². The van der Waals surface area contributed by atoms with Gasteiger partial charge in [-0.25, -0.2) is 13.1 Å². The van der Waals surface area contributed by atoms with Crippen molar-refractivity contribution in [3.63, 3.8) is 0 Å². The van der Waals surface area contributed by atoms with Crippen molar-refractivity contribution in [2.45, 2.75) is 88.1 Å². The zero-order valence-electron chi connectivity index (χ0n) is 19.2. The summed E-state index contributed by atoms with van der Waals surface area (Å²) in [7, 11) is -3.46.